The lowest BCUT2D eigenvalue weighted by molar-refractivity contribution is -0.192. The highest BCUT2D eigenvalue weighted by atomic mass is 32.1. The molecule has 5 nitrogen and oxygen atoms in total. The zero-order chi connectivity index (χ0) is 19.2. The van der Waals surface area contributed by atoms with Gasteiger partial charge in [0.05, 0.1) is 6.42 Å². The Hall–Kier alpha value is -2.13. The van der Waals surface area contributed by atoms with E-state index in [1.807, 2.05) is 12.1 Å². The number of benzene rings is 1. The van der Waals surface area contributed by atoms with Gasteiger partial charge in [-0.2, -0.15) is 13.2 Å². The van der Waals surface area contributed by atoms with Crippen molar-refractivity contribution in [3.05, 3.63) is 35.2 Å². The third-order valence-electron chi connectivity index (χ3n) is 3.86. The Bertz CT molecular complexity index is 755. The summed E-state index contributed by atoms with van der Waals surface area (Å²) in [4.78, 5) is 20.9. The van der Waals surface area contributed by atoms with Crippen LogP contribution in [-0.4, -0.2) is 42.3 Å². The Morgan fingerprint density at radius 3 is 2.62 bits per heavy atom. The molecule has 1 fully saturated rings. The van der Waals surface area contributed by atoms with Gasteiger partial charge in [-0.1, -0.05) is 18.2 Å². The summed E-state index contributed by atoms with van der Waals surface area (Å²) >= 11 is 1.71. The van der Waals surface area contributed by atoms with Crippen LogP contribution in [0.25, 0.3) is 10.1 Å². The molecule has 0 unspecified atom stereocenters. The molecule has 0 spiro atoms. The molecule has 1 amide bonds. The van der Waals surface area contributed by atoms with Crippen molar-refractivity contribution in [2.24, 2.45) is 0 Å². The Morgan fingerprint density at radius 1 is 1.31 bits per heavy atom. The minimum Gasteiger partial charge on any atom is -0.475 e. The molecular formula is C17H19F3N2O3S. The van der Waals surface area contributed by atoms with Crippen molar-refractivity contribution in [3.63, 3.8) is 0 Å². The standard InChI is InChI=1S/C15H18N2OS.C2HF3O2/c18-15(17-9-12-4-3-7-16-12)8-11-10-19-14-6-2-1-5-13(11)14;3-2(4,5)1(6)7/h1-2,5-6,10,12,16H,3-4,7-9H2,(H,17,18);(H,6,7)/t12-;/m0./s1. The summed E-state index contributed by atoms with van der Waals surface area (Å²) in [5, 5.41) is 16.8. The second-order valence-corrected chi connectivity index (χ2v) is 6.75. The molecule has 0 saturated carbocycles. The Labute approximate surface area is 152 Å². The highest BCUT2D eigenvalue weighted by Gasteiger charge is 2.38. The number of hydrogen-bond donors (Lipinski definition) is 3. The maximum absolute atomic E-state index is 12.0. The maximum atomic E-state index is 12.0. The number of halogens is 3. The van der Waals surface area contributed by atoms with Crippen molar-refractivity contribution >= 4 is 33.3 Å². The first-order valence-electron chi connectivity index (χ1n) is 8.02. The molecule has 0 bridgehead atoms. The van der Waals surface area contributed by atoms with Crippen LogP contribution in [0.3, 0.4) is 0 Å². The third kappa shape index (κ3) is 5.99. The Balaban J connectivity index is 0.000000298. The van der Waals surface area contributed by atoms with Gasteiger partial charge in [-0.3, -0.25) is 4.79 Å². The van der Waals surface area contributed by atoms with Crippen LogP contribution in [0.15, 0.2) is 29.6 Å². The fourth-order valence-corrected chi connectivity index (χ4v) is 3.54. The minimum atomic E-state index is -5.08. The monoisotopic (exact) mass is 388 g/mol. The maximum Gasteiger partial charge on any atom is 0.490 e. The van der Waals surface area contributed by atoms with Gasteiger partial charge >= 0.3 is 12.1 Å². The number of carboxylic acid groups (broad SMARTS) is 1. The first kappa shape index (κ1) is 20.2. The van der Waals surface area contributed by atoms with E-state index in [4.69, 9.17) is 9.90 Å². The largest absolute Gasteiger partial charge is 0.490 e. The molecule has 1 aromatic heterocycles. The number of thiophene rings is 1. The molecule has 1 atom stereocenters. The quantitative estimate of drug-likeness (QED) is 0.753. The fraction of sp³-hybridized carbons (Fsp3) is 0.412. The van der Waals surface area contributed by atoms with Crippen LogP contribution in [0.4, 0.5) is 13.2 Å². The molecule has 0 radical (unpaired) electrons. The number of carboxylic acids is 1. The van der Waals surface area contributed by atoms with Crippen molar-refractivity contribution < 1.29 is 27.9 Å². The topological polar surface area (TPSA) is 78.4 Å². The number of rotatable bonds is 4. The van der Waals surface area contributed by atoms with Crippen molar-refractivity contribution in [2.75, 3.05) is 13.1 Å². The molecule has 2 aromatic rings. The zero-order valence-corrected chi connectivity index (χ0v) is 14.6. The van der Waals surface area contributed by atoms with Crippen molar-refractivity contribution in [1.82, 2.24) is 10.6 Å². The van der Waals surface area contributed by atoms with Gasteiger partial charge in [0, 0.05) is 17.3 Å². The van der Waals surface area contributed by atoms with E-state index < -0.39 is 12.1 Å². The molecule has 2 heterocycles. The highest BCUT2D eigenvalue weighted by Crippen LogP contribution is 2.25. The molecule has 1 aliphatic heterocycles. The lowest BCUT2D eigenvalue weighted by atomic mass is 10.1. The summed E-state index contributed by atoms with van der Waals surface area (Å²) in [7, 11) is 0. The predicted octanol–water partition coefficient (Wildman–Crippen LogP) is 2.95. The smallest absolute Gasteiger partial charge is 0.475 e. The van der Waals surface area contributed by atoms with Gasteiger partial charge in [0.1, 0.15) is 0 Å². The second kappa shape index (κ2) is 9.00. The number of nitrogens with one attached hydrogen (secondary N) is 2. The normalized spacial score (nSPS) is 16.8. The number of aliphatic carboxylic acids is 1. The van der Waals surface area contributed by atoms with Crippen molar-refractivity contribution in [3.8, 4) is 0 Å². The van der Waals surface area contributed by atoms with E-state index in [2.05, 4.69) is 28.1 Å². The van der Waals surface area contributed by atoms with Crippen LogP contribution in [0.5, 0.6) is 0 Å². The van der Waals surface area contributed by atoms with Crippen LogP contribution in [0, 0.1) is 0 Å². The Kier molecular flexibility index (Phi) is 6.98. The second-order valence-electron chi connectivity index (χ2n) is 5.83. The van der Waals surface area contributed by atoms with Crippen LogP contribution >= 0.6 is 11.3 Å². The summed E-state index contributed by atoms with van der Waals surface area (Å²) in [6.45, 7) is 1.83. The summed E-state index contributed by atoms with van der Waals surface area (Å²) in [5.74, 6) is -2.63. The summed E-state index contributed by atoms with van der Waals surface area (Å²) in [6, 6.07) is 8.72. The molecule has 1 aliphatic rings. The molecule has 1 aromatic carbocycles. The number of carbonyl (C=O) groups excluding carboxylic acids is 1. The lowest BCUT2D eigenvalue weighted by Gasteiger charge is -2.11. The van der Waals surface area contributed by atoms with Gasteiger partial charge in [-0.25, -0.2) is 4.79 Å². The van der Waals surface area contributed by atoms with Gasteiger partial charge < -0.3 is 15.7 Å². The number of fused-ring (bicyclic) bond motifs is 1. The van der Waals surface area contributed by atoms with Crippen LogP contribution in [0.2, 0.25) is 0 Å². The van der Waals surface area contributed by atoms with Gasteiger partial charge in [0.15, 0.2) is 0 Å². The zero-order valence-electron chi connectivity index (χ0n) is 13.8. The van der Waals surface area contributed by atoms with Crippen molar-refractivity contribution in [2.45, 2.75) is 31.5 Å². The first-order chi connectivity index (χ1) is 12.3. The number of carbonyl (C=O) groups is 2. The average Bonchev–Trinajstić information content (AvgIpc) is 3.23. The minimum absolute atomic E-state index is 0.122. The summed E-state index contributed by atoms with van der Waals surface area (Å²) in [5.41, 5.74) is 1.14. The van der Waals surface area contributed by atoms with E-state index in [-0.39, 0.29) is 5.91 Å². The van der Waals surface area contributed by atoms with Gasteiger partial charge in [0.2, 0.25) is 5.91 Å². The summed E-state index contributed by atoms with van der Waals surface area (Å²) < 4.78 is 33.0. The molecular weight excluding hydrogens is 369 g/mol. The van der Waals surface area contributed by atoms with Gasteiger partial charge in [0.25, 0.3) is 0 Å². The van der Waals surface area contributed by atoms with Crippen LogP contribution in [-0.2, 0) is 16.0 Å². The number of amides is 1. The molecule has 3 N–H and O–H groups in total. The first-order valence-corrected chi connectivity index (χ1v) is 8.90. The van der Waals surface area contributed by atoms with Gasteiger partial charge in [-0.05, 0) is 41.8 Å². The molecule has 142 valence electrons. The van der Waals surface area contributed by atoms with Crippen LogP contribution in [0.1, 0.15) is 18.4 Å². The highest BCUT2D eigenvalue weighted by molar-refractivity contribution is 7.17. The lowest BCUT2D eigenvalue weighted by Crippen LogP contribution is -2.37. The number of alkyl halides is 3. The van der Waals surface area contributed by atoms with E-state index in [0.717, 1.165) is 18.7 Å². The van der Waals surface area contributed by atoms with Gasteiger partial charge in [-0.15, -0.1) is 11.3 Å². The Morgan fingerprint density at radius 2 is 2.00 bits per heavy atom. The third-order valence-corrected chi connectivity index (χ3v) is 4.87. The predicted molar refractivity (Wildman–Crippen MR) is 93.3 cm³/mol. The molecule has 0 aliphatic carbocycles. The van der Waals surface area contributed by atoms with E-state index in [0.29, 0.717) is 12.5 Å². The SMILES string of the molecule is O=C(Cc1csc2ccccc12)NC[C@@H]1CCCN1.O=C(O)C(F)(F)F. The number of hydrogen-bond acceptors (Lipinski definition) is 4. The average molecular weight is 388 g/mol. The van der Waals surface area contributed by atoms with E-state index in [1.54, 1.807) is 11.3 Å². The summed E-state index contributed by atoms with van der Waals surface area (Å²) in [6.07, 6.45) is -2.21. The molecule has 9 heteroatoms. The van der Waals surface area contributed by atoms with E-state index in [1.165, 1.54) is 22.9 Å². The molecule has 26 heavy (non-hydrogen) atoms. The van der Waals surface area contributed by atoms with E-state index in [9.17, 15) is 18.0 Å². The fourth-order valence-electron chi connectivity index (χ4n) is 2.57. The van der Waals surface area contributed by atoms with Crippen molar-refractivity contribution in [1.29, 1.82) is 0 Å². The molecule has 3 rings (SSSR count). The van der Waals surface area contributed by atoms with Crippen LogP contribution < -0.4 is 10.6 Å². The van der Waals surface area contributed by atoms with E-state index >= 15 is 0 Å². The molecule has 1 saturated heterocycles.